The van der Waals surface area contributed by atoms with Crippen molar-refractivity contribution < 1.29 is 18.7 Å². The molecule has 0 aromatic carbocycles. The lowest BCUT2D eigenvalue weighted by atomic mass is 9.75. The van der Waals surface area contributed by atoms with Crippen LogP contribution in [0, 0.1) is 17.8 Å². The van der Waals surface area contributed by atoms with Gasteiger partial charge in [0.05, 0.1) is 18.9 Å². The van der Waals surface area contributed by atoms with Crippen molar-refractivity contribution in [3.05, 3.63) is 42.1 Å². The molecule has 1 fully saturated rings. The number of carbonyl (C=O) groups excluding carboxylic acids is 1. The Morgan fingerprint density at radius 1 is 1.40 bits per heavy atom. The maximum absolute atomic E-state index is 11.9. The van der Waals surface area contributed by atoms with Gasteiger partial charge >= 0.3 is 5.97 Å². The van der Waals surface area contributed by atoms with Crippen LogP contribution in [0.2, 0.25) is 0 Å². The van der Waals surface area contributed by atoms with Crippen LogP contribution in [0.5, 0.6) is 0 Å². The number of ether oxygens (including phenoxy) is 2. The Balaban J connectivity index is 2.17. The van der Waals surface area contributed by atoms with Crippen molar-refractivity contribution in [2.24, 2.45) is 17.8 Å². The third-order valence-corrected chi connectivity index (χ3v) is 4.75. The SMILES string of the molecule is CCOC(=O)/C=C(/C=C/c1ccco1)O[C@@H]1C[C@H](C)CC[C@H]1C(C)C. The molecule has 1 saturated carbocycles. The molecule has 0 saturated heterocycles. The van der Waals surface area contributed by atoms with E-state index in [1.165, 1.54) is 12.5 Å². The summed E-state index contributed by atoms with van der Waals surface area (Å²) in [6, 6.07) is 3.69. The van der Waals surface area contributed by atoms with Gasteiger partial charge in [0.15, 0.2) is 0 Å². The summed E-state index contributed by atoms with van der Waals surface area (Å²) in [6.45, 7) is 8.89. The van der Waals surface area contributed by atoms with Crippen molar-refractivity contribution in [1.82, 2.24) is 0 Å². The van der Waals surface area contributed by atoms with Crippen LogP contribution in [0.3, 0.4) is 0 Å². The number of esters is 1. The molecule has 1 heterocycles. The summed E-state index contributed by atoms with van der Waals surface area (Å²) in [5.41, 5.74) is 0. The number of hydrogen-bond acceptors (Lipinski definition) is 4. The van der Waals surface area contributed by atoms with E-state index in [1.807, 2.05) is 18.2 Å². The van der Waals surface area contributed by atoms with Gasteiger partial charge in [-0.3, -0.25) is 0 Å². The molecule has 2 rings (SSSR count). The van der Waals surface area contributed by atoms with Crippen molar-refractivity contribution in [3.8, 4) is 0 Å². The topological polar surface area (TPSA) is 48.7 Å². The largest absolute Gasteiger partial charge is 0.490 e. The van der Waals surface area contributed by atoms with Crippen molar-refractivity contribution in [3.63, 3.8) is 0 Å². The Hall–Kier alpha value is -1.97. The molecule has 1 aromatic rings. The Morgan fingerprint density at radius 3 is 2.84 bits per heavy atom. The van der Waals surface area contributed by atoms with E-state index >= 15 is 0 Å². The van der Waals surface area contributed by atoms with Gasteiger partial charge in [0.25, 0.3) is 0 Å². The summed E-state index contributed by atoms with van der Waals surface area (Å²) >= 11 is 0. The molecule has 1 aliphatic carbocycles. The van der Waals surface area contributed by atoms with E-state index in [-0.39, 0.29) is 12.1 Å². The summed E-state index contributed by atoms with van der Waals surface area (Å²) in [4.78, 5) is 11.9. The highest BCUT2D eigenvalue weighted by molar-refractivity contribution is 5.83. The number of furan rings is 1. The average molecular weight is 346 g/mol. The smallest absolute Gasteiger partial charge is 0.334 e. The van der Waals surface area contributed by atoms with Gasteiger partial charge in [0.1, 0.15) is 17.6 Å². The lowest BCUT2D eigenvalue weighted by Gasteiger charge is -2.37. The molecular formula is C21H30O4. The third-order valence-electron chi connectivity index (χ3n) is 4.75. The monoisotopic (exact) mass is 346 g/mol. The Morgan fingerprint density at radius 2 is 2.20 bits per heavy atom. The first-order valence-corrected chi connectivity index (χ1v) is 9.26. The van der Waals surface area contributed by atoms with Crippen LogP contribution in [0.25, 0.3) is 6.08 Å². The molecule has 0 amide bonds. The Bertz CT molecular complexity index is 583. The van der Waals surface area contributed by atoms with Gasteiger partial charge in [-0.25, -0.2) is 4.79 Å². The second-order valence-corrected chi connectivity index (χ2v) is 7.13. The lowest BCUT2D eigenvalue weighted by molar-refractivity contribution is -0.137. The molecule has 0 radical (unpaired) electrons. The predicted molar refractivity (Wildman–Crippen MR) is 98.7 cm³/mol. The highest BCUT2D eigenvalue weighted by atomic mass is 16.5. The molecule has 25 heavy (non-hydrogen) atoms. The summed E-state index contributed by atoms with van der Waals surface area (Å²) < 4.78 is 16.6. The van der Waals surface area contributed by atoms with Gasteiger partial charge in [-0.2, -0.15) is 0 Å². The molecule has 4 nitrogen and oxygen atoms in total. The second kappa shape index (κ2) is 9.50. The first-order valence-electron chi connectivity index (χ1n) is 9.26. The van der Waals surface area contributed by atoms with Gasteiger partial charge in [-0.15, -0.1) is 0 Å². The molecule has 138 valence electrons. The van der Waals surface area contributed by atoms with Crippen LogP contribution in [0.15, 0.2) is 40.7 Å². The van der Waals surface area contributed by atoms with Crippen LogP contribution < -0.4 is 0 Å². The maximum atomic E-state index is 11.9. The minimum atomic E-state index is -0.383. The molecule has 0 bridgehead atoms. The fraction of sp³-hybridized carbons (Fsp3) is 0.571. The summed E-state index contributed by atoms with van der Waals surface area (Å²) in [7, 11) is 0. The zero-order valence-corrected chi connectivity index (χ0v) is 15.7. The minimum Gasteiger partial charge on any atom is -0.490 e. The van der Waals surface area contributed by atoms with Crippen LogP contribution in [0.1, 0.15) is 52.7 Å². The first-order chi connectivity index (χ1) is 12.0. The third kappa shape index (κ3) is 6.11. The molecule has 1 aliphatic rings. The van der Waals surface area contributed by atoms with E-state index in [0.29, 0.717) is 30.1 Å². The molecule has 1 aromatic heterocycles. The van der Waals surface area contributed by atoms with E-state index in [9.17, 15) is 4.79 Å². The van der Waals surface area contributed by atoms with Crippen LogP contribution in [0.4, 0.5) is 0 Å². The number of allylic oxidation sites excluding steroid dienone is 1. The van der Waals surface area contributed by atoms with Gasteiger partial charge in [-0.1, -0.05) is 27.2 Å². The van der Waals surface area contributed by atoms with Crippen LogP contribution in [-0.2, 0) is 14.3 Å². The molecular weight excluding hydrogens is 316 g/mol. The number of hydrogen-bond donors (Lipinski definition) is 0. The van der Waals surface area contributed by atoms with Gasteiger partial charge in [0, 0.05) is 0 Å². The number of rotatable bonds is 7. The molecule has 0 aliphatic heterocycles. The van der Waals surface area contributed by atoms with Crippen molar-refractivity contribution in [1.29, 1.82) is 0 Å². The Kier molecular flexibility index (Phi) is 7.35. The predicted octanol–water partition coefficient (Wildman–Crippen LogP) is 5.22. The first kappa shape index (κ1) is 19.4. The normalized spacial score (nSPS) is 24.7. The van der Waals surface area contributed by atoms with Crippen molar-refractivity contribution >= 4 is 12.0 Å². The minimum absolute atomic E-state index is 0.116. The quantitative estimate of drug-likeness (QED) is 0.294. The van der Waals surface area contributed by atoms with E-state index in [2.05, 4.69) is 20.8 Å². The number of carbonyl (C=O) groups is 1. The molecule has 0 unspecified atom stereocenters. The van der Waals surface area contributed by atoms with E-state index < -0.39 is 0 Å². The van der Waals surface area contributed by atoms with Gasteiger partial charge in [-0.05, 0) is 61.8 Å². The lowest BCUT2D eigenvalue weighted by Crippen LogP contribution is -2.34. The van der Waals surface area contributed by atoms with Gasteiger partial charge in [0.2, 0.25) is 0 Å². The fourth-order valence-electron chi connectivity index (χ4n) is 3.40. The highest BCUT2D eigenvalue weighted by Gasteiger charge is 2.32. The summed E-state index contributed by atoms with van der Waals surface area (Å²) in [6.07, 6.45) is 10.2. The standard InChI is InChI=1S/C21H30O4/c1-5-23-21(22)14-18(10-9-17-7-6-12-24-17)25-20-13-16(4)8-11-19(20)15(2)3/h6-7,9-10,12,14-16,19-20H,5,8,11,13H2,1-4H3/b10-9+,18-14-/t16-,19+,20-/m1/s1. The van der Waals surface area contributed by atoms with E-state index in [0.717, 1.165) is 18.6 Å². The molecule has 0 N–H and O–H groups in total. The zero-order valence-electron chi connectivity index (χ0n) is 15.7. The average Bonchev–Trinajstić information content (AvgIpc) is 3.06. The molecule has 3 atom stereocenters. The van der Waals surface area contributed by atoms with Crippen molar-refractivity contribution in [2.75, 3.05) is 6.61 Å². The van der Waals surface area contributed by atoms with Gasteiger partial charge < -0.3 is 13.9 Å². The Labute approximate surface area is 150 Å². The van der Waals surface area contributed by atoms with E-state index in [1.54, 1.807) is 19.3 Å². The molecule has 0 spiro atoms. The van der Waals surface area contributed by atoms with E-state index in [4.69, 9.17) is 13.9 Å². The highest BCUT2D eigenvalue weighted by Crippen LogP contribution is 2.36. The molecule has 4 heteroatoms. The maximum Gasteiger partial charge on any atom is 0.334 e. The zero-order chi connectivity index (χ0) is 18.2. The second-order valence-electron chi connectivity index (χ2n) is 7.13. The fourth-order valence-corrected chi connectivity index (χ4v) is 3.40. The van der Waals surface area contributed by atoms with Crippen LogP contribution in [-0.4, -0.2) is 18.7 Å². The van der Waals surface area contributed by atoms with Crippen molar-refractivity contribution in [2.45, 2.75) is 53.1 Å². The summed E-state index contributed by atoms with van der Waals surface area (Å²) in [5, 5.41) is 0. The summed E-state index contributed by atoms with van der Waals surface area (Å²) in [5.74, 6) is 2.55. The van der Waals surface area contributed by atoms with Crippen LogP contribution >= 0.6 is 0 Å².